The first kappa shape index (κ1) is 19.4. The fourth-order valence-electron chi connectivity index (χ4n) is 3.67. The van der Waals surface area contributed by atoms with Crippen LogP contribution in [0.25, 0.3) is 0 Å². The third-order valence-corrected chi connectivity index (χ3v) is 5.45. The summed E-state index contributed by atoms with van der Waals surface area (Å²) in [4.78, 5) is 25.6. The molecule has 1 aromatic rings. The van der Waals surface area contributed by atoms with Crippen LogP contribution in [0.2, 0.25) is 0 Å². The van der Waals surface area contributed by atoms with Crippen molar-refractivity contribution in [3.8, 4) is 0 Å². The molecule has 1 aliphatic carbocycles. The Kier molecular flexibility index (Phi) is 4.97. The minimum Gasteiger partial charge on any atom is -0.371 e. The van der Waals surface area contributed by atoms with Crippen LogP contribution in [0, 0.1) is 9.49 Å². The molecule has 2 amide bonds. The Balaban J connectivity index is 1.79. The highest BCUT2D eigenvalue weighted by Gasteiger charge is 2.48. The summed E-state index contributed by atoms with van der Waals surface area (Å²) >= 11 is 1.90. The Morgan fingerprint density at radius 1 is 1.42 bits per heavy atom. The van der Waals surface area contributed by atoms with Crippen molar-refractivity contribution in [3.05, 3.63) is 32.9 Å². The number of rotatable bonds is 3. The van der Waals surface area contributed by atoms with Crippen LogP contribution >= 0.6 is 22.6 Å². The summed E-state index contributed by atoms with van der Waals surface area (Å²) in [5, 5.41) is 12.5. The predicted molar refractivity (Wildman–Crippen MR) is 95.3 cm³/mol. The summed E-state index contributed by atoms with van der Waals surface area (Å²) in [5.74, 6) is -2.85. The summed E-state index contributed by atoms with van der Waals surface area (Å²) in [6.45, 7) is 0.784. The second-order valence-corrected chi connectivity index (χ2v) is 8.35. The van der Waals surface area contributed by atoms with Gasteiger partial charge in [-0.15, -0.1) is 0 Å². The summed E-state index contributed by atoms with van der Waals surface area (Å²) in [7, 11) is 0. The maximum absolute atomic E-state index is 13.5. The van der Waals surface area contributed by atoms with Gasteiger partial charge in [-0.25, -0.2) is 0 Å². The zero-order valence-corrected chi connectivity index (χ0v) is 16.1. The highest BCUT2D eigenvalue weighted by atomic mass is 127. The quantitative estimate of drug-likeness (QED) is 0.515. The van der Waals surface area contributed by atoms with Crippen LogP contribution in [0.1, 0.15) is 41.6 Å². The van der Waals surface area contributed by atoms with Gasteiger partial charge < -0.3 is 15.3 Å². The van der Waals surface area contributed by atoms with E-state index in [9.17, 15) is 27.9 Å². The third kappa shape index (κ3) is 3.83. The van der Waals surface area contributed by atoms with Gasteiger partial charge >= 0.3 is 6.18 Å². The second-order valence-electron chi connectivity index (χ2n) is 7.10. The van der Waals surface area contributed by atoms with E-state index in [4.69, 9.17) is 0 Å². The van der Waals surface area contributed by atoms with Crippen LogP contribution in [0.4, 0.5) is 13.2 Å². The number of aliphatic hydroxyl groups is 1. The summed E-state index contributed by atoms with van der Waals surface area (Å²) in [5.41, 5.74) is -1.42. The predicted octanol–water partition coefficient (Wildman–Crippen LogP) is 2.63. The zero-order valence-electron chi connectivity index (χ0n) is 13.9. The maximum atomic E-state index is 13.5. The molecule has 0 aromatic heterocycles. The molecule has 1 heterocycles. The second kappa shape index (κ2) is 6.66. The van der Waals surface area contributed by atoms with Gasteiger partial charge in [0.15, 0.2) is 0 Å². The van der Waals surface area contributed by atoms with Gasteiger partial charge in [-0.05, 0) is 65.1 Å². The molecule has 0 spiro atoms. The molecule has 3 rings (SSSR count). The first-order valence-electron chi connectivity index (χ1n) is 8.17. The molecule has 0 bridgehead atoms. The Morgan fingerprint density at radius 2 is 2.08 bits per heavy atom. The van der Waals surface area contributed by atoms with E-state index >= 15 is 0 Å². The van der Waals surface area contributed by atoms with Gasteiger partial charge in [0.2, 0.25) is 5.91 Å². The lowest BCUT2D eigenvalue weighted by Crippen LogP contribution is -2.59. The van der Waals surface area contributed by atoms with Crippen LogP contribution in [-0.4, -0.2) is 46.8 Å². The standard InChI is InChI=1S/C17H18F3IN2O3/c1-9-5-16(26,6-9)22-14(24)8-23-7-13(17(18,19)20)12-4-10(21)2-3-11(12)15(23)25/h2-4,9,13,26H,5-8H2,1H3,(H,22,24). The Bertz CT molecular complexity index is 747. The van der Waals surface area contributed by atoms with E-state index in [0.29, 0.717) is 16.4 Å². The largest absolute Gasteiger partial charge is 0.397 e. The molecule has 1 aromatic carbocycles. The first-order valence-corrected chi connectivity index (χ1v) is 9.25. The van der Waals surface area contributed by atoms with Crippen molar-refractivity contribution >= 4 is 34.4 Å². The van der Waals surface area contributed by atoms with Gasteiger partial charge in [0.25, 0.3) is 5.91 Å². The van der Waals surface area contributed by atoms with Gasteiger partial charge in [-0.2, -0.15) is 13.2 Å². The number of nitrogens with one attached hydrogen (secondary N) is 1. The van der Waals surface area contributed by atoms with Crippen molar-refractivity contribution in [2.45, 2.75) is 37.6 Å². The summed E-state index contributed by atoms with van der Waals surface area (Å²) < 4.78 is 41.1. The maximum Gasteiger partial charge on any atom is 0.397 e. The van der Waals surface area contributed by atoms with Crippen LogP contribution < -0.4 is 5.32 Å². The number of fused-ring (bicyclic) bond motifs is 1. The van der Waals surface area contributed by atoms with Crippen LogP contribution in [0.5, 0.6) is 0 Å². The fourth-order valence-corrected chi connectivity index (χ4v) is 4.19. The van der Waals surface area contributed by atoms with E-state index in [1.165, 1.54) is 12.1 Å². The van der Waals surface area contributed by atoms with Crippen LogP contribution in [0.3, 0.4) is 0 Å². The van der Waals surface area contributed by atoms with E-state index in [1.54, 1.807) is 6.07 Å². The number of carbonyl (C=O) groups excluding carboxylic acids is 2. The van der Waals surface area contributed by atoms with Crippen molar-refractivity contribution in [2.24, 2.45) is 5.92 Å². The number of hydrogen-bond acceptors (Lipinski definition) is 3. The van der Waals surface area contributed by atoms with Gasteiger partial charge in [-0.3, -0.25) is 9.59 Å². The van der Waals surface area contributed by atoms with Gasteiger partial charge in [0.1, 0.15) is 5.72 Å². The third-order valence-electron chi connectivity index (χ3n) is 4.78. The van der Waals surface area contributed by atoms with Crippen molar-refractivity contribution in [1.82, 2.24) is 10.2 Å². The van der Waals surface area contributed by atoms with Gasteiger partial charge in [0.05, 0.1) is 12.5 Å². The lowest BCUT2D eigenvalue weighted by Gasteiger charge is -2.43. The SMILES string of the molecule is CC1CC(O)(NC(=O)CN2CC(C(F)(F)F)c3cc(I)ccc3C2=O)C1. The van der Waals surface area contributed by atoms with Crippen LogP contribution in [-0.2, 0) is 4.79 Å². The molecule has 9 heteroatoms. The van der Waals surface area contributed by atoms with Gasteiger partial charge in [-0.1, -0.05) is 6.92 Å². The number of carbonyl (C=O) groups is 2. The highest BCUT2D eigenvalue weighted by molar-refractivity contribution is 14.1. The molecular formula is C17H18F3IN2O3. The number of halogens is 4. The summed E-state index contributed by atoms with van der Waals surface area (Å²) in [6, 6.07) is 4.29. The monoisotopic (exact) mass is 482 g/mol. The minimum absolute atomic E-state index is 0.0391. The Labute approximate surface area is 162 Å². The molecule has 2 aliphatic rings. The molecule has 26 heavy (non-hydrogen) atoms. The molecular weight excluding hydrogens is 464 g/mol. The normalized spacial score (nSPS) is 28.4. The molecule has 1 fully saturated rings. The lowest BCUT2D eigenvalue weighted by molar-refractivity contribution is -0.157. The highest BCUT2D eigenvalue weighted by Crippen LogP contribution is 2.41. The van der Waals surface area contributed by atoms with E-state index in [-0.39, 0.29) is 17.0 Å². The average molecular weight is 482 g/mol. The van der Waals surface area contributed by atoms with Crippen molar-refractivity contribution < 1.29 is 27.9 Å². The van der Waals surface area contributed by atoms with E-state index < -0.39 is 42.7 Å². The molecule has 1 saturated carbocycles. The van der Waals surface area contributed by atoms with Gasteiger partial charge in [0, 0.05) is 15.7 Å². The smallest absolute Gasteiger partial charge is 0.371 e. The number of nitrogens with zero attached hydrogens (tertiary/aromatic N) is 1. The molecule has 0 saturated heterocycles. The number of benzene rings is 1. The lowest BCUT2D eigenvalue weighted by atomic mass is 9.78. The molecule has 5 nitrogen and oxygen atoms in total. The first-order chi connectivity index (χ1) is 12.0. The van der Waals surface area contributed by atoms with E-state index in [1.807, 2.05) is 29.5 Å². The Hall–Kier alpha value is -1.36. The number of amides is 2. The van der Waals surface area contributed by atoms with E-state index in [0.717, 1.165) is 4.90 Å². The molecule has 2 N–H and O–H groups in total. The molecule has 1 unspecified atom stereocenters. The van der Waals surface area contributed by atoms with E-state index in [2.05, 4.69) is 5.32 Å². The topological polar surface area (TPSA) is 69.6 Å². The zero-order chi connectivity index (χ0) is 19.3. The molecule has 142 valence electrons. The molecule has 0 radical (unpaired) electrons. The van der Waals surface area contributed by atoms with Crippen molar-refractivity contribution in [1.29, 1.82) is 0 Å². The summed E-state index contributed by atoms with van der Waals surface area (Å²) in [6.07, 6.45) is -3.76. The van der Waals surface area contributed by atoms with Crippen molar-refractivity contribution in [2.75, 3.05) is 13.1 Å². The molecule has 1 aliphatic heterocycles. The van der Waals surface area contributed by atoms with Crippen LogP contribution in [0.15, 0.2) is 18.2 Å². The average Bonchev–Trinajstić information content (AvgIpc) is 2.47. The number of alkyl halides is 3. The Morgan fingerprint density at radius 3 is 2.65 bits per heavy atom. The van der Waals surface area contributed by atoms with Crippen molar-refractivity contribution in [3.63, 3.8) is 0 Å². The molecule has 1 atom stereocenters. The minimum atomic E-state index is -4.53. The number of hydrogen-bond donors (Lipinski definition) is 2. The fraction of sp³-hybridized carbons (Fsp3) is 0.529.